The molecule has 2 aromatic rings. The van der Waals surface area contributed by atoms with E-state index in [1.54, 1.807) is 17.5 Å². The Labute approximate surface area is 90.2 Å². The second kappa shape index (κ2) is 4.47. The molecule has 0 unspecified atom stereocenters. The van der Waals surface area contributed by atoms with E-state index in [9.17, 15) is 0 Å². The molecule has 0 aromatic carbocycles. The van der Waals surface area contributed by atoms with Gasteiger partial charge in [0.05, 0.1) is 6.54 Å². The lowest BCUT2D eigenvalue weighted by Crippen LogP contribution is -1.98. The number of hydrogen-bond acceptors (Lipinski definition) is 6. The molecule has 0 atom stereocenters. The van der Waals surface area contributed by atoms with E-state index in [2.05, 4.69) is 19.7 Å². The number of aromatic nitrogens is 3. The minimum absolute atomic E-state index is 0.732. The summed E-state index contributed by atoms with van der Waals surface area (Å²) in [6, 6.07) is 0. The van der Waals surface area contributed by atoms with Gasteiger partial charge in [-0.25, -0.2) is 9.97 Å². The van der Waals surface area contributed by atoms with Crippen molar-refractivity contribution in [2.45, 2.75) is 19.9 Å². The van der Waals surface area contributed by atoms with Crippen LogP contribution in [0.1, 0.15) is 17.8 Å². The summed E-state index contributed by atoms with van der Waals surface area (Å²) in [6.45, 7) is 2.78. The van der Waals surface area contributed by atoms with Gasteiger partial charge in [0.15, 0.2) is 0 Å². The quantitative estimate of drug-likeness (QED) is 0.868. The first-order chi connectivity index (χ1) is 6.88. The zero-order valence-corrected chi connectivity index (χ0v) is 9.36. The maximum absolute atomic E-state index is 4.30. The molecule has 1 N–H and O–H groups in total. The van der Waals surface area contributed by atoms with Gasteiger partial charge in [-0.05, 0) is 0 Å². The molecule has 2 heterocycles. The molecule has 0 aliphatic carbocycles. The lowest BCUT2D eigenvalue weighted by Gasteiger charge is -1.96. The number of anilines is 1. The van der Waals surface area contributed by atoms with Crippen molar-refractivity contribution < 1.29 is 0 Å². The molecule has 0 aliphatic rings. The zero-order valence-electron chi connectivity index (χ0n) is 7.73. The topological polar surface area (TPSA) is 50.7 Å². The highest BCUT2D eigenvalue weighted by molar-refractivity contribution is 7.10. The van der Waals surface area contributed by atoms with Gasteiger partial charge in [0.2, 0.25) is 5.13 Å². The van der Waals surface area contributed by atoms with Gasteiger partial charge in [-0.15, -0.1) is 11.3 Å². The van der Waals surface area contributed by atoms with Crippen LogP contribution in [-0.2, 0) is 13.0 Å². The second-order valence-corrected chi connectivity index (χ2v) is 4.38. The molecule has 0 radical (unpaired) electrons. The molecule has 0 spiro atoms. The van der Waals surface area contributed by atoms with Crippen molar-refractivity contribution in [2.24, 2.45) is 0 Å². The first kappa shape index (κ1) is 9.54. The number of hydrogen-bond donors (Lipinski definition) is 1. The molecule has 0 saturated carbocycles. The van der Waals surface area contributed by atoms with Gasteiger partial charge in [-0.2, -0.15) is 4.37 Å². The summed E-state index contributed by atoms with van der Waals surface area (Å²) in [6.07, 6.45) is 2.69. The first-order valence-electron chi connectivity index (χ1n) is 4.33. The molecule has 74 valence electrons. The van der Waals surface area contributed by atoms with Crippen LogP contribution in [-0.4, -0.2) is 14.3 Å². The third-order valence-electron chi connectivity index (χ3n) is 1.66. The predicted octanol–water partition coefficient (Wildman–Crippen LogP) is 2.17. The fraction of sp³-hybridized carbons (Fsp3) is 0.375. The number of nitrogens with zero attached hydrogens (tertiary/aromatic N) is 3. The molecule has 0 amide bonds. The van der Waals surface area contributed by atoms with Gasteiger partial charge >= 0.3 is 0 Å². The SMILES string of the molecule is CCc1nsc(NCc2nccs2)n1. The van der Waals surface area contributed by atoms with E-state index in [0.717, 1.165) is 28.9 Å². The summed E-state index contributed by atoms with van der Waals surface area (Å²) in [7, 11) is 0. The second-order valence-electron chi connectivity index (χ2n) is 2.65. The summed E-state index contributed by atoms with van der Waals surface area (Å²) >= 11 is 3.04. The van der Waals surface area contributed by atoms with E-state index in [1.165, 1.54) is 11.5 Å². The molecule has 0 aliphatic heterocycles. The van der Waals surface area contributed by atoms with Crippen LogP contribution < -0.4 is 5.32 Å². The summed E-state index contributed by atoms with van der Waals surface area (Å²) in [5.74, 6) is 0.900. The standard InChI is InChI=1S/C8H10N4S2/c1-2-6-11-8(14-12-6)10-5-7-9-3-4-13-7/h3-4H,2,5H2,1H3,(H,10,11,12). The zero-order chi connectivity index (χ0) is 9.80. The molecule has 0 saturated heterocycles. The fourth-order valence-corrected chi connectivity index (χ4v) is 2.16. The smallest absolute Gasteiger partial charge is 0.202 e. The van der Waals surface area contributed by atoms with E-state index in [4.69, 9.17) is 0 Å². The Hall–Kier alpha value is -1.01. The number of thiazole rings is 1. The van der Waals surface area contributed by atoms with Crippen molar-refractivity contribution >= 4 is 28.0 Å². The predicted molar refractivity (Wildman–Crippen MR) is 58.7 cm³/mol. The van der Waals surface area contributed by atoms with Crippen LogP contribution in [0.5, 0.6) is 0 Å². The van der Waals surface area contributed by atoms with Gasteiger partial charge in [0.25, 0.3) is 0 Å². The largest absolute Gasteiger partial charge is 0.354 e. The highest BCUT2D eigenvalue weighted by Gasteiger charge is 2.01. The Kier molecular flexibility index (Phi) is 3.05. The summed E-state index contributed by atoms with van der Waals surface area (Å²) in [5, 5.41) is 7.10. The molecule has 14 heavy (non-hydrogen) atoms. The molecular weight excluding hydrogens is 216 g/mol. The van der Waals surface area contributed by atoms with Crippen LogP contribution in [0, 0.1) is 0 Å². The fourth-order valence-electron chi connectivity index (χ4n) is 0.961. The lowest BCUT2D eigenvalue weighted by molar-refractivity contribution is 0.991. The van der Waals surface area contributed by atoms with E-state index < -0.39 is 0 Å². The van der Waals surface area contributed by atoms with Crippen LogP contribution >= 0.6 is 22.9 Å². The van der Waals surface area contributed by atoms with Gasteiger partial charge in [-0.3, -0.25) is 0 Å². The molecule has 6 heteroatoms. The third kappa shape index (κ3) is 2.27. The van der Waals surface area contributed by atoms with E-state index in [1.807, 2.05) is 12.3 Å². The monoisotopic (exact) mass is 226 g/mol. The molecule has 2 aromatic heterocycles. The highest BCUT2D eigenvalue weighted by Crippen LogP contribution is 2.13. The number of rotatable bonds is 4. The van der Waals surface area contributed by atoms with Crippen LogP contribution in [0.4, 0.5) is 5.13 Å². The highest BCUT2D eigenvalue weighted by atomic mass is 32.1. The summed E-state index contributed by atoms with van der Waals surface area (Å²) < 4.78 is 4.19. The van der Waals surface area contributed by atoms with Crippen molar-refractivity contribution in [1.82, 2.24) is 14.3 Å². The minimum atomic E-state index is 0.732. The Bertz CT molecular complexity index is 382. The van der Waals surface area contributed by atoms with Crippen molar-refractivity contribution in [3.05, 3.63) is 22.4 Å². The van der Waals surface area contributed by atoms with Gasteiger partial charge in [0.1, 0.15) is 10.8 Å². The first-order valence-corrected chi connectivity index (χ1v) is 5.98. The minimum Gasteiger partial charge on any atom is -0.354 e. The van der Waals surface area contributed by atoms with Crippen LogP contribution in [0.25, 0.3) is 0 Å². The Morgan fingerprint density at radius 1 is 1.50 bits per heavy atom. The average Bonchev–Trinajstić information content (AvgIpc) is 2.86. The Morgan fingerprint density at radius 3 is 3.07 bits per heavy atom. The van der Waals surface area contributed by atoms with Gasteiger partial charge in [0, 0.05) is 29.5 Å². The number of aryl methyl sites for hydroxylation is 1. The molecular formula is C8H10N4S2. The Balaban J connectivity index is 1.92. The molecule has 0 fully saturated rings. The van der Waals surface area contributed by atoms with Crippen molar-refractivity contribution in [3.63, 3.8) is 0 Å². The normalized spacial score (nSPS) is 10.4. The van der Waals surface area contributed by atoms with Crippen molar-refractivity contribution in [2.75, 3.05) is 5.32 Å². The van der Waals surface area contributed by atoms with Gasteiger partial charge < -0.3 is 5.32 Å². The number of nitrogens with one attached hydrogen (secondary N) is 1. The summed E-state index contributed by atoms with van der Waals surface area (Å²) in [4.78, 5) is 8.47. The van der Waals surface area contributed by atoms with Crippen LogP contribution in [0.15, 0.2) is 11.6 Å². The lowest BCUT2D eigenvalue weighted by atomic mass is 10.5. The van der Waals surface area contributed by atoms with Crippen LogP contribution in [0.2, 0.25) is 0 Å². The average molecular weight is 226 g/mol. The van der Waals surface area contributed by atoms with Gasteiger partial charge in [-0.1, -0.05) is 6.92 Å². The van der Waals surface area contributed by atoms with Crippen LogP contribution in [0.3, 0.4) is 0 Å². The Morgan fingerprint density at radius 2 is 2.43 bits per heavy atom. The maximum atomic E-state index is 4.30. The van der Waals surface area contributed by atoms with Crippen molar-refractivity contribution in [1.29, 1.82) is 0 Å². The molecule has 0 bridgehead atoms. The molecule has 4 nitrogen and oxygen atoms in total. The van der Waals surface area contributed by atoms with E-state index in [0.29, 0.717) is 0 Å². The summed E-state index contributed by atoms with van der Waals surface area (Å²) in [5.41, 5.74) is 0. The van der Waals surface area contributed by atoms with E-state index in [-0.39, 0.29) is 0 Å². The maximum Gasteiger partial charge on any atom is 0.202 e. The van der Waals surface area contributed by atoms with E-state index >= 15 is 0 Å². The molecule has 2 rings (SSSR count). The van der Waals surface area contributed by atoms with Crippen molar-refractivity contribution in [3.8, 4) is 0 Å². The third-order valence-corrected chi connectivity index (χ3v) is 3.15.